The Hall–Kier alpha value is -3.51. The molecule has 7 heteroatoms. The second-order valence-corrected chi connectivity index (χ2v) is 6.36. The fourth-order valence-electron chi connectivity index (χ4n) is 2.39. The van der Waals surface area contributed by atoms with Gasteiger partial charge in [0.25, 0.3) is 11.8 Å². The molecular formula is C21H17ClN4O2. The molecule has 0 saturated heterocycles. The zero-order chi connectivity index (χ0) is 19.9. The maximum Gasteiger partial charge on any atom is 0.272 e. The molecule has 0 unspecified atom stereocenters. The molecule has 3 aromatic rings. The van der Waals surface area contributed by atoms with Crippen molar-refractivity contribution in [3.63, 3.8) is 0 Å². The number of aromatic nitrogens is 1. The lowest BCUT2D eigenvalue weighted by molar-refractivity contribution is 0.0953. The van der Waals surface area contributed by atoms with Gasteiger partial charge in [0, 0.05) is 28.7 Å². The molecule has 0 bridgehead atoms. The van der Waals surface area contributed by atoms with E-state index in [-0.39, 0.29) is 11.8 Å². The molecule has 140 valence electrons. The highest BCUT2D eigenvalue weighted by atomic mass is 35.5. The van der Waals surface area contributed by atoms with Gasteiger partial charge in [-0.3, -0.25) is 14.6 Å². The molecule has 0 atom stereocenters. The molecule has 2 amide bonds. The molecule has 6 nitrogen and oxygen atoms in total. The smallest absolute Gasteiger partial charge is 0.272 e. The Balaban J connectivity index is 1.69. The van der Waals surface area contributed by atoms with Crippen LogP contribution in [-0.2, 0) is 0 Å². The average Bonchev–Trinajstić information content (AvgIpc) is 2.73. The summed E-state index contributed by atoms with van der Waals surface area (Å²) in [5.74, 6) is -0.590. The number of pyridine rings is 1. The molecule has 0 aliphatic carbocycles. The van der Waals surface area contributed by atoms with Gasteiger partial charge in [0.2, 0.25) is 0 Å². The summed E-state index contributed by atoms with van der Waals surface area (Å²) in [4.78, 5) is 28.3. The highest BCUT2D eigenvalue weighted by Crippen LogP contribution is 2.15. The third-order valence-electron chi connectivity index (χ3n) is 3.89. The van der Waals surface area contributed by atoms with Gasteiger partial charge < -0.3 is 5.32 Å². The number of nitrogens with zero attached hydrogens (tertiary/aromatic N) is 2. The number of halogens is 1. The van der Waals surface area contributed by atoms with Crippen LogP contribution in [0.3, 0.4) is 0 Å². The first-order valence-electron chi connectivity index (χ1n) is 8.45. The van der Waals surface area contributed by atoms with Gasteiger partial charge in [-0.2, -0.15) is 5.10 Å². The Morgan fingerprint density at radius 1 is 0.929 bits per heavy atom. The number of benzene rings is 2. The van der Waals surface area contributed by atoms with E-state index in [0.29, 0.717) is 27.5 Å². The van der Waals surface area contributed by atoms with Crippen LogP contribution in [0.25, 0.3) is 0 Å². The second kappa shape index (κ2) is 8.92. The van der Waals surface area contributed by atoms with E-state index in [9.17, 15) is 9.59 Å². The number of rotatable bonds is 5. The first-order valence-corrected chi connectivity index (χ1v) is 8.83. The molecule has 0 aliphatic heterocycles. The lowest BCUT2D eigenvalue weighted by Gasteiger charge is -2.08. The van der Waals surface area contributed by atoms with Gasteiger partial charge >= 0.3 is 0 Å². The van der Waals surface area contributed by atoms with Gasteiger partial charge in [-0.1, -0.05) is 23.7 Å². The Morgan fingerprint density at radius 2 is 1.68 bits per heavy atom. The summed E-state index contributed by atoms with van der Waals surface area (Å²) in [6, 6.07) is 17.2. The van der Waals surface area contributed by atoms with Crippen LogP contribution in [0, 0.1) is 0 Å². The lowest BCUT2D eigenvalue weighted by atomic mass is 10.1. The monoisotopic (exact) mass is 392 g/mol. The number of hydrazone groups is 1. The molecule has 0 saturated carbocycles. The van der Waals surface area contributed by atoms with Crippen LogP contribution in [0.15, 0.2) is 78.2 Å². The maximum atomic E-state index is 12.3. The van der Waals surface area contributed by atoms with E-state index in [2.05, 4.69) is 20.8 Å². The summed E-state index contributed by atoms with van der Waals surface area (Å²) >= 11 is 5.84. The van der Waals surface area contributed by atoms with Crippen molar-refractivity contribution in [3.8, 4) is 0 Å². The summed E-state index contributed by atoms with van der Waals surface area (Å²) in [6.45, 7) is 1.77. The van der Waals surface area contributed by atoms with Gasteiger partial charge in [-0.05, 0) is 61.0 Å². The number of amides is 2. The van der Waals surface area contributed by atoms with Crippen molar-refractivity contribution >= 4 is 34.8 Å². The fourth-order valence-corrected chi connectivity index (χ4v) is 2.51. The van der Waals surface area contributed by atoms with Crippen molar-refractivity contribution in [2.24, 2.45) is 5.10 Å². The van der Waals surface area contributed by atoms with Crippen LogP contribution in [-0.4, -0.2) is 22.5 Å². The van der Waals surface area contributed by atoms with Crippen molar-refractivity contribution < 1.29 is 9.59 Å². The standard InChI is InChI=1S/C21H17ClN4O2/c1-14(25-26-21(28)17-5-3-11-23-13-17)16-4-2-6-19(12-16)24-20(27)15-7-9-18(22)10-8-15/h2-13H,1H3,(H,24,27)(H,26,28)/b25-14-. The van der Waals surface area contributed by atoms with Gasteiger partial charge in [-0.25, -0.2) is 5.43 Å². The predicted octanol–water partition coefficient (Wildman–Crippen LogP) is 4.14. The summed E-state index contributed by atoms with van der Waals surface area (Å²) in [5.41, 5.74) is 5.40. The topological polar surface area (TPSA) is 83.4 Å². The van der Waals surface area contributed by atoms with Crippen LogP contribution in [0.5, 0.6) is 0 Å². The predicted molar refractivity (Wildman–Crippen MR) is 110 cm³/mol. The zero-order valence-electron chi connectivity index (χ0n) is 15.0. The quantitative estimate of drug-likeness (QED) is 0.505. The maximum absolute atomic E-state index is 12.3. The molecular weight excluding hydrogens is 376 g/mol. The van der Waals surface area contributed by atoms with Gasteiger partial charge in [0.1, 0.15) is 0 Å². The summed E-state index contributed by atoms with van der Waals surface area (Å²) in [7, 11) is 0. The van der Waals surface area contributed by atoms with E-state index in [1.807, 2.05) is 6.07 Å². The Labute approximate surface area is 167 Å². The van der Waals surface area contributed by atoms with Crippen LogP contribution in [0.4, 0.5) is 5.69 Å². The third kappa shape index (κ3) is 5.02. The van der Waals surface area contributed by atoms with Gasteiger partial charge in [0.05, 0.1) is 11.3 Å². The van der Waals surface area contributed by atoms with E-state index in [4.69, 9.17) is 11.6 Å². The van der Waals surface area contributed by atoms with Crippen molar-refractivity contribution in [1.29, 1.82) is 0 Å². The number of hydrogen-bond acceptors (Lipinski definition) is 4. The molecule has 1 heterocycles. The van der Waals surface area contributed by atoms with E-state index in [0.717, 1.165) is 5.56 Å². The molecule has 2 aromatic carbocycles. The summed E-state index contributed by atoms with van der Waals surface area (Å²) < 4.78 is 0. The largest absolute Gasteiger partial charge is 0.322 e. The summed E-state index contributed by atoms with van der Waals surface area (Å²) in [5, 5.41) is 7.52. The number of carbonyl (C=O) groups excluding carboxylic acids is 2. The van der Waals surface area contributed by atoms with Gasteiger partial charge in [-0.15, -0.1) is 0 Å². The van der Waals surface area contributed by atoms with Crippen molar-refractivity contribution in [1.82, 2.24) is 10.4 Å². The summed E-state index contributed by atoms with van der Waals surface area (Å²) in [6.07, 6.45) is 3.06. The Bertz CT molecular complexity index is 1020. The van der Waals surface area contributed by atoms with Crippen LogP contribution in [0.1, 0.15) is 33.2 Å². The van der Waals surface area contributed by atoms with Crippen LogP contribution >= 0.6 is 11.6 Å². The molecule has 3 rings (SSSR count). The van der Waals surface area contributed by atoms with Crippen LogP contribution in [0.2, 0.25) is 5.02 Å². The molecule has 28 heavy (non-hydrogen) atoms. The minimum Gasteiger partial charge on any atom is -0.322 e. The highest BCUT2D eigenvalue weighted by Gasteiger charge is 2.08. The average molecular weight is 393 g/mol. The minimum atomic E-state index is -0.348. The molecule has 0 radical (unpaired) electrons. The number of anilines is 1. The Kier molecular flexibility index (Phi) is 6.14. The van der Waals surface area contributed by atoms with Crippen LogP contribution < -0.4 is 10.7 Å². The highest BCUT2D eigenvalue weighted by molar-refractivity contribution is 6.30. The molecule has 0 aliphatic rings. The van der Waals surface area contributed by atoms with E-state index >= 15 is 0 Å². The molecule has 1 aromatic heterocycles. The van der Waals surface area contributed by atoms with Crippen molar-refractivity contribution in [2.45, 2.75) is 6.92 Å². The van der Waals surface area contributed by atoms with Gasteiger partial charge in [0.15, 0.2) is 0 Å². The normalized spacial score (nSPS) is 11.0. The van der Waals surface area contributed by atoms with E-state index in [1.54, 1.807) is 67.7 Å². The fraction of sp³-hybridized carbons (Fsp3) is 0.0476. The molecule has 2 N–H and O–H groups in total. The lowest BCUT2D eigenvalue weighted by Crippen LogP contribution is -2.19. The first kappa shape index (κ1) is 19.3. The molecule has 0 fully saturated rings. The first-order chi connectivity index (χ1) is 13.5. The minimum absolute atomic E-state index is 0.242. The number of carbonyl (C=O) groups is 2. The Morgan fingerprint density at radius 3 is 2.39 bits per heavy atom. The van der Waals surface area contributed by atoms with Crippen molar-refractivity contribution in [3.05, 3.63) is 94.8 Å². The van der Waals surface area contributed by atoms with E-state index in [1.165, 1.54) is 6.20 Å². The van der Waals surface area contributed by atoms with Crippen molar-refractivity contribution in [2.75, 3.05) is 5.32 Å². The SMILES string of the molecule is C/C(=N/NC(=O)c1cccnc1)c1cccc(NC(=O)c2ccc(Cl)cc2)c1. The number of hydrogen-bond donors (Lipinski definition) is 2. The zero-order valence-corrected chi connectivity index (χ0v) is 15.8. The number of nitrogens with one attached hydrogen (secondary N) is 2. The molecule has 0 spiro atoms. The third-order valence-corrected chi connectivity index (χ3v) is 4.15. The van der Waals surface area contributed by atoms with E-state index < -0.39 is 0 Å². The second-order valence-electron chi connectivity index (χ2n) is 5.92.